The van der Waals surface area contributed by atoms with E-state index >= 15 is 0 Å². The predicted octanol–water partition coefficient (Wildman–Crippen LogP) is 8.12. The molecule has 0 saturated heterocycles. The van der Waals surface area contributed by atoms with Gasteiger partial charge in [0.15, 0.2) is 5.83 Å². The lowest BCUT2D eigenvalue weighted by molar-refractivity contribution is -0.157. The Morgan fingerprint density at radius 2 is 1.74 bits per heavy atom. The number of carbonyl (C=O) groups is 1. The van der Waals surface area contributed by atoms with E-state index in [0.29, 0.717) is 11.8 Å². The van der Waals surface area contributed by atoms with Crippen molar-refractivity contribution in [1.82, 2.24) is 0 Å². The molecule has 184 valence electrons. The highest BCUT2D eigenvalue weighted by atomic mass is 19.1. The SMILES string of the molecule is CCCCCCc1ccc([C@H]2CC[C@H](C(=O)O[C@H]3CC[C@H](C=CC=C(F)C#N)CC3)CC2)cc1. The molecule has 4 heteroatoms. The number of ether oxygens (including phenoxy) is 1. The number of halogens is 1. The predicted molar refractivity (Wildman–Crippen MR) is 135 cm³/mol. The molecule has 0 bridgehead atoms. The minimum atomic E-state index is -0.775. The fraction of sp³-hybridized carbons (Fsp3) is 0.600. The summed E-state index contributed by atoms with van der Waals surface area (Å²) in [6, 6.07) is 10.7. The highest BCUT2D eigenvalue weighted by Gasteiger charge is 2.30. The zero-order chi connectivity index (χ0) is 24.2. The lowest BCUT2D eigenvalue weighted by atomic mass is 9.78. The first-order chi connectivity index (χ1) is 16.6. The average Bonchev–Trinajstić information content (AvgIpc) is 2.88. The summed E-state index contributed by atoms with van der Waals surface area (Å²) in [6.45, 7) is 2.25. The Morgan fingerprint density at radius 3 is 2.38 bits per heavy atom. The number of aryl methyl sites for hydroxylation is 1. The number of carbonyl (C=O) groups excluding carboxylic acids is 1. The zero-order valence-electron chi connectivity index (χ0n) is 20.7. The molecule has 0 spiro atoms. The molecule has 1 aromatic rings. The van der Waals surface area contributed by atoms with Crippen molar-refractivity contribution in [1.29, 1.82) is 5.26 Å². The molecule has 0 N–H and O–H groups in total. The van der Waals surface area contributed by atoms with Crippen LogP contribution in [0.5, 0.6) is 0 Å². The second-order valence-electron chi connectivity index (χ2n) is 10.1. The standard InChI is InChI=1S/C30H40FNO2/c1-2-3-4-5-7-23-10-14-25(15-11-23)26-16-18-27(19-17-26)30(33)34-29-20-12-24(13-21-29)8-6-9-28(31)22-32/h6,8-11,14-15,24,26-27,29H,2-5,7,12-13,16-21H2,1H3/t24-,26-,27-,29-. The van der Waals surface area contributed by atoms with Gasteiger partial charge in [-0.2, -0.15) is 9.65 Å². The van der Waals surface area contributed by atoms with Crippen molar-refractivity contribution in [3.05, 3.63) is 59.4 Å². The van der Waals surface area contributed by atoms with Crippen LogP contribution in [0, 0.1) is 23.2 Å². The van der Waals surface area contributed by atoms with Crippen molar-refractivity contribution in [3.63, 3.8) is 0 Å². The summed E-state index contributed by atoms with van der Waals surface area (Å²) in [7, 11) is 0. The molecule has 2 aliphatic carbocycles. The third kappa shape index (κ3) is 8.42. The van der Waals surface area contributed by atoms with E-state index in [1.165, 1.54) is 55.4 Å². The summed E-state index contributed by atoms with van der Waals surface area (Å²) >= 11 is 0. The lowest BCUT2D eigenvalue weighted by Gasteiger charge is -2.31. The molecule has 0 heterocycles. The van der Waals surface area contributed by atoms with Gasteiger partial charge in [-0.15, -0.1) is 0 Å². The van der Waals surface area contributed by atoms with Gasteiger partial charge in [0.25, 0.3) is 0 Å². The number of esters is 1. The minimum Gasteiger partial charge on any atom is -0.462 e. The van der Waals surface area contributed by atoms with Crippen molar-refractivity contribution < 1.29 is 13.9 Å². The summed E-state index contributed by atoms with van der Waals surface area (Å²) in [5.74, 6) is 0.157. The molecular formula is C30H40FNO2. The van der Waals surface area contributed by atoms with Crippen LogP contribution >= 0.6 is 0 Å². The van der Waals surface area contributed by atoms with Gasteiger partial charge in [-0.3, -0.25) is 4.79 Å². The Kier molecular flexibility index (Phi) is 10.9. The molecular weight excluding hydrogens is 425 g/mol. The summed E-state index contributed by atoms with van der Waals surface area (Å²) in [5.41, 5.74) is 2.85. The van der Waals surface area contributed by atoms with E-state index < -0.39 is 5.83 Å². The molecule has 2 fully saturated rings. The molecule has 2 saturated carbocycles. The smallest absolute Gasteiger partial charge is 0.309 e. The fourth-order valence-electron chi connectivity index (χ4n) is 5.37. The van der Waals surface area contributed by atoms with E-state index in [2.05, 4.69) is 31.2 Å². The third-order valence-electron chi connectivity index (χ3n) is 7.56. The quantitative estimate of drug-likeness (QED) is 0.152. The molecule has 34 heavy (non-hydrogen) atoms. The summed E-state index contributed by atoms with van der Waals surface area (Å²) in [5, 5.41) is 8.44. The van der Waals surface area contributed by atoms with Crippen LogP contribution < -0.4 is 0 Å². The van der Waals surface area contributed by atoms with Gasteiger partial charge < -0.3 is 4.74 Å². The third-order valence-corrected chi connectivity index (χ3v) is 7.56. The Hall–Kier alpha value is -2.41. The van der Waals surface area contributed by atoms with Crippen LogP contribution in [0.25, 0.3) is 0 Å². The summed E-state index contributed by atoms with van der Waals surface area (Å²) in [6.07, 6.45) is 18.7. The number of hydrogen-bond acceptors (Lipinski definition) is 3. The van der Waals surface area contributed by atoms with Crippen LogP contribution in [0.2, 0.25) is 0 Å². The molecule has 0 amide bonds. The monoisotopic (exact) mass is 465 g/mol. The highest BCUT2D eigenvalue weighted by Crippen LogP contribution is 2.37. The first kappa shape index (κ1) is 26.2. The fourth-order valence-corrected chi connectivity index (χ4v) is 5.37. The van der Waals surface area contributed by atoms with E-state index in [0.717, 1.165) is 51.4 Å². The van der Waals surface area contributed by atoms with Gasteiger partial charge in [-0.25, -0.2) is 0 Å². The van der Waals surface area contributed by atoms with Crippen molar-refractivity contribution in [3.8, 4) is 6.07 Å². The number of hydrogen-bond donors (Lipinski definition) is 0. The van der Waals surface area contributed by atoms with Crippen molar-refractivity contribution in [2.75, 3.05) is 0 Å². The number of allylic oxidation sites excluding steroid dienone is 4. The molecule has 0 aliphatic heterocycles. The Balaban J connectivity index is 1.36. The van der Waals surface area contributed by atoms with Gasteiger partial charge in [-0.1, -0.05) is 62.6 Å². The highest BCUT2D eigenvalue weighted by molar-refractivity contribution is 5.72. The maximum absolute atomic E-state index is 12.9. The largest absolute Gasteiger partial charge is 0.462 e. The lowest BCUT2D eigenvalue weighted by Crippen LogP contribution is -2.29. The summed E-state index contributed by atoms with van der Waals surface area (Å²) in [4.78, 5) is 12.7. The van der Waals surface area contributed by atoms with Crippen LogP contribution in [0.4, 0.5) is 4.39 Å². The topological polar surface area (TPSA) is 50.1 Å². The number of rotatable bonds is 10. The second-order valence-corrected chi connectivity index (χ2v) is 10.1. The van der Waals surface area contributed by atoms with E-state index in [9.17, 15) is 9.18 Å². The Labute approximate surface area is 205 Å². The van der Waals surface area contributed by atoms with Crippen LogP contribution in [0.15, 0.2) is 48.3 Å². The molecule has 3 rings (SSSR count). The molecule has 0 unspecified atom stereocenters. The number of nitriles is 1. The molecule has 0 radical (unpaired) electrons. The van der Waals surface area contributed by atoms with E-state index in [-0.39, 0.29) is 18.0 Å². The number of benzene rings is 1. The van der Waals surface area contributed by atoms with E-state index in [4.69, 9.17) is 10.00 Å². The van der Waals surface area contributed by atoms with E-state index in [1.807, 2.05) is 6.08 Å². The van der Waals surface area contributed by atoms with Gasteiger partial charge in [0.05, 0.1) is 5.92 Å². The Bertz CT molecular complexity index is 851. The number of nitrogens with zero attached hydrogens (tertiary/aromatic N) is 1. The van der Waals surface area contributed by atoms with Gasteiger partial charge in [0, 0.05) is 0 Å². The minimum absolute atomic E-state index is 0.00568. The van der Waals surface area contributed by atoms with E-state index in [1.54, 1.807) is 6.08 Å². The molecule has 0 atom stereocenters. The van der Waals surface area contributed by atoms with Gasteiger partial charge in [-0.05, 0) is 93.2 Å². The van der Waals surface area contributed by atoms with Gasteiger partial charge in [0.2, 0.25) is 0 Å². The van der Waals surface area contributed by atoms with Crippen LogP contribution in [0.3, 0.4) is 0 Å². The maximum atomic E-state index is 12.9. The first-order valence-corrected chi connectivity index (χ1v) is 13.3. The van der Waals surface area contributed by atoms with Crippen molar-refractivity contribution >= 4 is 5.97 Å². The molecule has 1 aromatic carbocycles. The molecule has 0 aromatic heterocycles. The zero-order valence-corrected chi connectivity index (χ0v) is 20.7. The maximum Gasteiger partial charge on any atom is 0.309 e. The number of unbranched alkanes of at least 4 members (excludes halogenated alkanes) is 3. The Morgan fingerprint density at radius 1 is 1.03 bits per heavy atom. The van der Waals surface area contributed by atoms with Gasteiger partial charge >= 0.3 is 5.97 Å². The van der Waals surface area contributed by atoms with Gasteiger partial charge in [0.1, 0.15) is 12.2 Å². The van der Waals surface area contributed by atoms with Crippen LogP contribution in [-0.2, 0) is 16.0 Å². The first-order valence-electron chi connectivity index (χ1n) is 13.3. The summed E-state index contributed by atoms with van der Waals surface area (Å²) < 4.78 is 18.7. The van der Waals surface area contributed by atoms with Crippen molar-refractivity contribution in [2.45, 2.75) is 102 Å². The van der Waals surface area contributed by atoms with Crippen LogP contribution in [-0.4, -0.2) is 12.1 Å². The van der Waals surface area contributed by atoms with Crippen LogP contribution in [0.1, 0.15) is 101 Å². The second kappa shape index (κ2) is 14.1. The molecule has 2 aliphatic rings. The van der Waals surface area contributed by atoms with Crippen molar-refractivity contribution in [2.24, 2.45) is 11.8 Å². The normalized spacial score (nSPS) is 25.7. The molecule has 3 nitrogen and oxygen atoms in total. The average molecular weight is 466 g/mol.